The van der Waals surface area contributed by atoms with Crippen LogP contribution in [-0.4, -0.2) is 74.2 Å². The third kappa shape index (κ3) is 17.7. The second kappa shape index (κ2) is 24.8. The van der Waals surface area contributed by atoms with Crippen LogP contribution in [0, 0.1) is 0 Å². The Morgan fingerprint density at radius 1 is 0.525 bits per heavy atom. The van der Waals surface area contributed by atoms with Gasteiger partial charge >= 0.3 is 11.9 Å². The molecule has 0 fully saturated rings. The van der Waals surface area contributed by atoms with Gasteiger partial charge in [0.2, 0.25) is 0 Å². The van der Waals surface area contributed by atoms with Gasteiger partial charge in [0.1, 0.15) is 0 Å². The van der Waals surface area contributed by atoms with Crippen LogP contribution < -0.4 is 0 Å². The molecule has 1 rings (SSSR count). The lowest BCUT2D eigenvalue weighted by molar-refractivity contribution is 0.0486. The molecule has 0 spiro atoms. The number of benzene rings is 1. The Kier molecular flexibility index (Phi) is 22.4. The van der Waals surface area contributed by atoms with Crippen LogP contribution in [0.25, 0.3) is 0 Å². The van der Waals surface area contributed by atoms with E-state index in [0.717, 1.165) is 52.1 Å². The van der Waals surface area contributed by atoms with Crippen molar-refractivity contribution in [3.8, 4) is 0 Å². The summed E-state index contributed by atoms with van der Waals surface area (Å²) in [6.45, 7) is 16.1. The average Bonchev–Trinajstić information content (AvgIpc) is 2.97. The van der Waals surface area contributed by atoms with Crippen molar-refractivity contribution in [1.82, 2.24) is 9.80 Å². The lowest BCUT2D eigenvalue weighted by Crippen LogP contribution is -2.28. The first-order valence-electron chi connectivity index (χ1n) is 16.4. The van der Waals surface area contributed by atoms with Crippen molar-refractivity contribution in [3.63, 3.8) is 0 Å². The van der Waals surface area contributed by atoms with Gasteiger partial charge in [0.25, 0.3) is 0 Å². The summed E-state index contributed by atoms with van der Waals surface area (Å²) in [6.07, 6.45) is 16.5. The first-order chi connectivity index (χ1) is 19.5. The van der Waals surface area contributed by atoms with Crippen LogP contribution in [0.1, 0.15) is 138 Å². The summed E-state index contributed by atoms with van der Waals surface area (Å²) in [5.74, 6) is -0.763. The van der Waals surface area contributed by atoms with E-state index in [0.29, 0.717) is 24.3 Å². The van der Waals surface area contributed by atoms with Crippen molar-refractivity contribution in [2.24, 2.45) is 0 Å². The van der Waals surface area contributed by atoms with E-state index in [9.17, 15) is 9.59 Å². The van der Waals surface area contributed by atoms with Crippen LogP contribution in [0.5, 0.6) is 0 Å². The van der Waals surface area contributed by atoms with E-state index in [-0.39, 0.29) is 11.9 Å². The smallest absolute Gasteiger partial charge is 0.338 e. The van der Waals surface area contributed by atoms with E-state index in [4.69, 9.17) is 9.47 Å². The molecule has 6 heteroatoms. The fraction of sp³-hybridized carbons (Fsp3) is 0.765. The molecule has 0 aromatic heterocycles. The molecule has 1 aromatic rings. The standard InChI is InChI=1S/C34H60N2O4/c1-5-9-13-22-35(23-14-10-6-2)26-18-28-39-33(37)31-20-17-21-32(30-31)34(38)40-29-19-27-36(24-15-11-7-3)25-16-12-8-4/h17,20-21,30H,5-16,18-19,22-29H2,1-4H3. The Hall–Kier alpha value is -1.92. The van der Waals surface area contributed by atoms with Gasteiger partial charge in [-0.3, -0.25) is 0 Å². The molecule has 230 valence electrons. The topological polar surface area (TPSA) is 59.1 Å². The minimum atomic E-state index is -0.382. The number of esters is 2. The predicted octanol–water partition coefficient (Wildman–Crippen LogP) is 8.15. The third-order valence-electron chi connectivity index (χ3n) is 7.35. The zero-order valence-corrected chi connectivity index (χ0v) is 26.4. The lowest BCUT2D eigenvalue weighted by Gasteiger charge is -2.22. The summed E-state index contributed by atoms with van der Waals surface area (Å²) in [6, 6.07) is 6.71. The molecule has 0 aliphatic heterocycles. The zero-order chi connectivity index (χ0) is 29.3. The van der Waals surface area contributed by atoms with Gasteiger partial charge < -0.3 is 19.3 Å². The number of unbranched alkanes of at least 4 members (excludes halogenated alkanes) is 8. The van der Waals surface area contributed by atoms with Gasteiger partial charge in [-0.15, -0.1) is 0 Å². The number of nitrogens with zero attached hydrogens (tertiary/aromatic N) is 2. The second-order valence-electron chi connectivity index (χ2n) is 11.1. The largest absolute Gasteiger partial charge is 0.462 e. The van der Waals surface area contributed by atoms with Crippen molar-refractivity contribution in [2.45, 2.75) is 118 Å². The average molecular weight is 561 g/mol. The quantitative estimate of drug-likeness (QED) is 0.0842. The molecule has 0 aliphatic rings. The highest BCUT2D eigenvalue weighted by Crippen LogP contribution is 2.10. The van der Waals surface area contributed by atoms with Crippen molar-refractivity contribution >= 4 is 11.9 Å². The maximum absolute atomic E-state index is 12.6. The van der Waals surface area contributed by atoms with E-state index in [1.165, 1.54) is 77.0 Å². The van der Waals surface area contributed by atoms with Crippen LogP contribution in [0.15, 0.2) is 24.3 Å². The number of carbonyl (C=O) groups excluding carboxylic acids is 2. The summed E-state index contributed by atoms with van der Waals surface area (Å²) in [7, 11) is 0. The van der Waals surface area contributed by atoms with Gasteiger partial charge in [-0.1, -0.05) is 85.1 Å². The minimum Gasteiger partial charge on any atom is -0.462 e. The van der Waals surface area contributed by atoms with E-state index in [1.54, 1.807) is 24.3 Å². The molecule has 0 atom stereocenters. The van der Waals surface area contributed by atoms with Crippen molar-refractivity contribution in [2.75, 3.05) is 52.5 Å². The van der Waals surface area contributed by atoms with Crippen LogP contribution in [0.4, 0.5) is 0 Å². The third-order valence-corrected chi connectivity index (χ3v) is 7.35. The van der Waals surface area contributed by atoms with Gasteiger partial charge in [-0.05, 0) is 82.9 Å². The van der Waals surface area contributed by atoms with Gasteiger partial charge in [0.15, 0.2) is 0 Å². The molecule has 0 saturated heterocycles. The summed E-state index contributed by atoms with van der Waals surface area (Å²) in [5, 5.41) is 0. The molecular formula is C34H60N2O4. The molecule has 0 aliphatic carbocycles. The zero-order valence-electron chi connectivity index (χ0n) is 26.4. The number of rotatable bonds is 26. The van der Waals surface area contributed by atoms with Crippen LogP contribution in [-0.2, 0) is 9.47 Å². The summed E-state index contributed by atoms with van der Waals surface area (Å²) in [4.78, 5) is 30.3. The van der Waals surface area contributed by atoms with E-state index < -0.39 is 0 Å². The molecule has 0 heterocycles. The van der Waals surface area contributed by atoms with Gasteiger partial charge in [0.05, 0.1) is 24.3 Å². The molecule has 6 nitrogen and oxygen atoms in total. The molecule has 40 heavy (non-hydrogen) atoms. The monoisotopic (exact) mass is 560 g/mol. The fourth-order valence-electron chi connectivity index (χ4n) is 4.86. The Bertz CT molecular complexity index is 691. The van der Waals surface area contributed by atoms with Crippen molar-refractivity contribution < 1.29 is 19.1 Å². The highest BCUT2D eigenvalue weighted by atomic mass is 16.5. The van der Waals surface area contributed by atoms with E-state index in [1.807, 2.05) is 0 Å². The maximum atomic E-state index is 12.6. The van der Waals surface area contributed by atoms with Gasteiger partial charge in [-0.2, -0.15) is 0 Å². The lowest BCUT2D eigenvalue weighted by atomic mass is 10.1. The predicted molar refractivity (Wildman–Crippen MR) is 167 cm³/mol. The van der Waals surface area contributed by atoms with E-state index in [2.05, 4.69) is 37.5 Å². The van der Waals surface area contributed by atoms with Crippen molar-refractivity contribution in [1.29, 1.82) is 0 Å². The molecule has 0 saturated carbocycles. The SMILES string of the molecule is CCCCCN(CCCCC)CCCOC(=O)c1cccc(C(=O)OCCCN(CCCCC)CCCCC)c1. The van der Waals surface area contributed by atoms with Gasteiger partial charge in [0, 0.05) is 13.1 Å². The van der Waals surface area contributed by atoms with E-state index >= 15 is 0 Å². The Labute approximate surface area is 246 Å². The molecule has 0 unspecified atom stereocenters. The second-order valence-corrected chi connectivity index (χ2v) is 11.1. The van der Waals surface area contributed by atoms with Crippen molar-refractivity contribution in [3.05, 3.63) is 35.4 Å². The Morgan fingerprint density at radius 2 is 0.850 bits per heavy atom. The van der Waals surface area contributed by atoms with Gasteiger partial charge in [-0.25, -0.2) is 9.59 Å². The number of carbonyl (C=O) groups is 2. The first-order valence-corrected chi connectivity index (χ1v) is 16.4. The molecular weight excluding hydrogens is 500 g/mol. The normalized spacial score (nSPS) is 11.3. The van der Waals surface area contributed by atoms with Crippen LogP contribution in [0.2, 0.25) is 0 Å². The Balaban J connectivity index is 2.44. The summed E-state index contributed by atoms with van der Waals surface area (Å²) < 4.78 is 11.1. The molecule has 0 amide bonds. The minimum absolute atomic E-state index is 0.382. The highest BCUT2D eigenvalue weighted by molar-refractivity contribution is 5.95. The fourth-order valence-corrected chi connectivity index (χ4v) is 4.86. The van der Waals surface area contributed by atoms with Crippen LogP contribution in [0.3, 0.4) is 0 Å². The summed E-state index contributed by atoms with van der Waals surface area (Å²) in [5.41, 5.74) is 0.797. The molecule has 0 N–H and O–H groups in total. The molecule has 0 bridgehead atoms. The first kappa shape index (κ1) is 36.1. The van der Waals surface area contributed by atoms with Crippen LogP contribution >= 0.6 is 0 Å². The number of ether oxygens (including phenoxy) is 2. The molecule has 1 aromatic carbocycles. The highest BCUT2D eigenvalue weighted by Gasteiger charge is 2.14. The maximum Gasteiger partial charge on any atom is 0.338 e. The molecule has 0 radical (unpaired) electrons. The Morgan fingerprint density at radius 3 is 1.18 bits per heavy atom. The summed E-state index contributed by atoms with van der Waals surface area (Å²) >= 11 is 0. The number of hydrogen-bond donors (Lipinski definition) is 0. The number of hydrogen-bond acceptors (Lipinski definition) is 6.